The summed E-state index contributed by atoms with van der Waals surface area (Å²) in [7, 11) is 1.94. The minimum absolute atomic E-state index is 0.569. The van der Waals surface area contributed by atoms with Crippen molar-refractivity contribution in [3.63, 3.8) is 0 Å². The standard InChI is InChI=1S/C8H17N3/c1-4-10-7-11-6-8(2)5-9-3/h8-9H,4-6H2,1-3H3. The topological polar surface area (TPSA) is 36.8 Å². The van der Waals surface area contributed by atoms with Gasteiger partial charge in [-0.15, -0.1) is 0 Å². The summed E-state index contributed by atoms with van der Waals surface area (Å²) in [5.74, 6) is 0.569. The molecular weight excluding hydrogens is 138 g/mol. The first-order valence-electron chi connectivity index (χ1n) is 4.03. The molecule has 1 atom stereocenters. The third kappa shape index (κ3) is 7.23. The van der Waals surface area contributed by atoms with E-state index in [1.54, 1.807) is 0 Å². The SMILES string of the molecule is CCN=C=NCC(C)CNC. The average Bonchev–Trinajstić information content (AvgIpc) is 1.99. The van der Waals surface area contributed by atoms with Crippen LogP contribution in [0, 0.1) is 5.92 Å². The molecule has 0 aliphatic rings. The zero-order valence-electron chi connectivity index (χ0n) is 7.59. The summed E-state index contributed by atoms with van der Waals surface area (Å²) in [6.45, 7) is 6.69. The predicted octanol–water partition coefficient (Wildman–Crippen LogP) is 1.04. The van der Waals surface area contributed by atoms with Gasteiger partial charge in [-0.25, -0.2) is 9.98 Å². The largest absolute Gasteiger partial charge is 0.319 e. The van der Waals surface area contributed by atoms with Crippen LogP contribution in [0.15, 0.2) is 9.98 Å². The normalized spacial score (nSPS) is 11.9. The van der Waals surface area contributed by atoms with E-state index in [9.17, 15) is 0 Å². The summed E-state index contributed by atoms with van der Waals surface area (Å²) in [4.78, 5) is 7.89. The summed E-state index contributed by atoms with van der Waals surface area (Å²) < 4.78 is 0. The van der Waals surface area contributed by atoms with Crippen molar-refractivity contribution in [1.82, 2.24) is 5.32 Å². The van der Waals surface area contributed by atoms with E-state index in [0.29, 0.717) is 5.92 Å². The van der Waals surface area contributed by atoms with Crippen LogP contribution < -0.4 is 5.32 Å². The van der Waals surface area contributed by atoms with Crippen molar-refractivity contribution in [2.45, 2.75) is 13.8 Å². The lowest BCUT2D eigenvalue weighted by atomic mass is 10.2. The molecule has 0 aliphatic carbocycles. The van der Waals surface area contributed by atoms with Gasteiger partial charge in [-0.3, -0.25) is 0 Å². The highest BCUT2D eigenvalue weighted by Gasteiger charge is 1.95. The molecule has 0 saturated carbocycles. The zero-order chi connectivity index (χ0) is 8.53. The van der Waals surface area contributed by atoms with Gasteiger partial charge >= 0.3 is 0 Å². The molecule has 0 rings (SSSR count). The minimum atomic E-state index is 0.569. The summed E-state index contributed by atoms with van der Waals surface area (Å²) in [5, 5.41) is 3.09. The van der Waals surface area contributed by atoms with Gasteiger partial charge in [0.1, 0.15) is 0 Å². The molecule has 3 heteroatoms. The Balaban J connectivity index is 3.43. The molecule has 0 aliphatic heterocycles. The summed E-state index contributed by atoms with van der Waals surface area (Å²) >= 11 is 0. The van der Waals surface area contributed by atoms with Gasteiger partial charge in [-0.05, 0) is 26.4 Å². The highest BCUT2D eigenvalue weighted by atomic mass is 14.8. The highest BCUT2D eigenvalue weighted by Crippen LogP contribution is 1.90. The van der Waals surface area contributed by atoms with Crippen molar-refractivity contribution in [2.75, 3.05) is 26.7 Å². The van der Waals surface area contributed by atoms with Crippen LogP contribution in [-0.4, -0.2) is 32.7 Å². The fraction of sp³-hybridized carbons (Fsp3) is 0.875. The fourth-order valence-corrected chi connectivity index (χ4v) is 0.730. The van der Waals surface area contributed by atoms with Gasteiger partial charge < -0.3 is 5.32 Å². The smallest absolute Gasteiger partial charge is 0.0892 e. The van der Waals surface area contributed by atoms with Crippen LogP contribution in [0.3, 0.4) is 0 Å². The molecule has 1 N–H and O–H groups in total. The van der Waals surface area contributed by atoms with Crippen molar-refractivity contribution in [1.29, 1.82) is 0 Å². The van der Waals surface area contributed by atoms with Crippen LogP contribution in [0.25, 0.3) is 0 Å². The van der Waals surface area contributed by atoms with E-state index in [-0.39, 0.29) is 0 Å². The van der Waals surface area contributed by atoms with Crippen LogP contribution in [0.1, 0.15) is 13.8 Å². The molecule has 0 heterocycles. The molecule has 64 valence electrons. The van der Waals surface area contributed by atoms with E-state index in [0.717, 1.165) is 19.6 Å². The molecule has 0 spiro atoms. The third-order valence-corrected chi connectivity index (χ3v) is 1.26. The quantitative estimate of drug-likeness (QED) is 0.592. The van der Waals surface area contributed by atoms with Crippen LogP contribution in [0.4, 0.5) is 0 Å². The Morgan fingerprint density at radius 1 is 1.45 bits per heavy atom. The lowest BCUT2D eigenvalue weighted by molar-refractivity contribution is 0.557. The van der Waals surface area contributed by atoms with Crippen molar-refractivity contribution in [3.8, 4) is 0 Å². The van der Waals surface area contributed by atoms with Crippen LogP contribution in [0.5, 0.6) is 0 Å². The van der Waals surface area contributed by atoms with E-state index in [1.807, 2.05) is 14.0 Å². The number of hydrogen-bond acceptors (Lipinski definition) is 3. The van der Waals surface area contributed by atoms with E-state index < -0.39 is 0 Å². The third-order valence-electron chi connectivity index (χ3n) is 1.26. The maximum atomic E-state index is 4.02. The average molecular weight is 155 g/mol. The summed E-state index contributed by atoms with van der Waals surface area (Å²) in [6.07, 6.45) is 0. The molecular formula is C8H17N3. The molecule has 0 aromatic heterocycles. The monoisotopic (exact) mass is 155 g/mol. The molecule has 0 aromatic carbocycles. The van der Waals surface area contributed by atoms with Gasteiger partial charge in [0.25, 0.3) is 0 Å². The van der Waals surface area contributed by atoms with Crippen molar-refractivity contribution >= 4 is 6.01 Å². The first-order valence-corrected chi connectivity index (χ1v) is 4.03. The Morgan fingerprint density at radius 2 is 2.18 bits per heavy atom. The molecule has 0 aromatic rings. The maximum absolute atomic E-state index is 4.02. The minimum Gasteiger partial charge on any atom is -0.319 e. The Morgan fingerprint density at radius 3 is 2.73 bits per heavy atom. The van der Waals surface area contributed by atoms with Gasteiger partial charge in [0, 0.05) is 6.54 Å². The Hall–Kier alpha value is -0.660. The maximum Gasteiger partial charge on any atom is 0.0892 e. The Kier molecular flexibility index (Phi) is 7.00. The molecule has 0 saturated heterocycles. The van der Waals surface area contributed by atoms with Gasteiger partial charge in [-0.1, -0.05) is 6.92 Å². The fourth-order valence-electron chi connectivity index (χ4n) is 0.730. The van der Waals surface area contributed by atoms with Crippen molar-refractivity contribution in [3.05, 3.63) is 0 Å². The summed E-state index contributed by atoms with van der Waals surface area (Å²) in [5.41, 5.74) is 0. The zero-order valence-corrected chi connectivity index (χ0v) is 7.59. The lowest BCUT2D eigenvalue weighted by Crippen LogP contribution is -2.18. The second kappa shape index (κ2) is 7.45. The molecule has 3 nitrogen and oxygen atoms in total. The van der Waals surface area contributed by atoms with E-state index in [2.05, 4.69) is 28.2 Å². The van der Waals surface area contributed by atoms with Crippen LogP contribution in [-0.2, 0) is 0 Å². The first kappa shape index (κ1) is 10.3. The van der Waals surface area contributed by atoms with E-state index in [4.69, 9.17) is 0 Å². The lowest BCUT2D eigenvalue weighted by Gasteiger charge is -2.04. The first-order chi connectivity index (χ1) is 5.31. The summed E-state index contributed by atoms with van der Waals surface area (Å²) in [6, 6.07) is 2.65. The Bertz CT molecular complexity index is 136. The van der Waals surface area contributed by atoms with Gasteiger partial charge in [0.05, 0.1) is 12.6 Å². The molecule has 0 radical (unpaired) electrons. The van der Waals surface area contributed by atoms with Gasteiger partial charge in [-0.2, -0.15) is 0 Å². The molecule has 0 fully saturated rings. The van der Waals surface area contributed by atoms with Crippen molar-refractivity contribution < 1.29 is 0 Å². The van der Waals surface area contributed by atoms with E-state index >= 15 is 0 Å². The van der Waals surface area contributed by atoms with Gasteiger partial charge in [0.15, 0.2) is 0 Å². The van der Waals surface area contributed by atoms with Crippen LogP contribution >= 0.6 is 0 Å². The molecule has 11 heavy (non-hydrogen) atoms. The molecule has 1 unspecified atom stereocenters. The second-order valence-corrected chi connectivity index (χ2v) is 2.58. The predicted molar refractivity (Wildman–Crippen MR) is 48.4 cm³/mol. The van der Waals surface area contributed by atoms with Gasteiger partial charge in [0.2, 0.25) is 0 Å². The number of nitrogens with zero attached hydrogens (tertiary/aromatic N) is 2. The number of nitrogens with one attached hydrogen (secondary N) is 1. The second-order valence-electron chi connectivity index (χ2n) is 2.58. The molecule has 0 amide bonds. The Labute approximate surface area is 68.6 Å². The highest BCUT2D eigenvalue weighted by molar-refractivity contribution is 5.40. The van der Waals surface area contributed by atoms with E-state index in [1.165, 1.54) is 0 Å². The number of hydrogen-bond donors (Lipinski definition) is 1. The van der Waals surface area contributed by atoms with Crippen LogP contribution in [0.2, 0.25) is 0 Å². The van der Waals surface area contributed by atoms with Crippen molar-refractivity contribution in [2.24, 2.45) is 15.9 Å². The molecule has 0 bridgehead atoms. The number of rotatable bonds is 5. The number of aliphatic imine (C=N–C) groups is 2.